The Morgan fingerprint density at radius 2 is 2.08 bits per heavy atom. The van der Waals surface area contributed by atoms with Crippen LogP contribution in [0.3, 0.4) is 0 Å². The van der Waals surface area contributed by atoms with Gasteiger partial charge < -0.3 is 15.0 Å². The summed E-state index contributed by atoms with van der Waals surface area (Å²) in [5, 5.41) is 3.57. The molecule has 1 aromatic rings. The molecule has 0 unspecified atom stereocenters. The van der Waals surface area contributed by atoms with Crippen LogP contribution in [0.2, 0.25) is 5.02 Å². The summed E-state index contributed by atoms with van der Waals surface area (Å²) in [4.78, 5) is 26.7. The lowest BCUT2D eigenvalue weighted by molar-refractivity contribution is -0.140. The Hall–Kier alpha value is -1.59. The molecule has 1 aromatic carbocycles. The van der Waals surface area contributed by atoms with Crippen molar-refractivity contribution in [3.8, 4) is 0 Å². The normalized spacial score (nSPS) is 18.0. The van der Waals surface area contributed by atoms with Crippen LogP contribution in [0.4, 0.5) is 0 Å². The summed E-state index contributed by atoms with van der Waals surface area (Å²) in [7, 11) is 0. The minimum Gasteiger partial charge on any atom is -0.376 e. The number of benzene rings is 1. The van der Waals surface area contributed by atoms with Crippen LogP contribution in [0.1, 0.15) is 45.1 Å². The zero-order valence-corrected chi connectivity index (χ0v) is 15.7. The predicted octanol–water partition coefficient (Wildman–Crippen LogP) is 3.15. The number of carbonyl (C=O) groups is 2. The molecule has 0 aromatic heterocycles. The lowest BCUT2D eigenvalue weighted by Gasteiger charge is -2.29. The Morgan fingerprint density at radius 3 is 2.68 bits per heavy atom. The van der Waals surface area contributed by atoms with Gasteiger partial charge in [0.15, 0.2) is 0 Å². The van der Waals surface area contributed by atoms with Crippen molar-refractivity contribution in [2.45, 2.75) is 58.2 Å². The highest BCUT2D eigenvalue weighted by atomic mass is 35.5. The highest BCUT2D eigenvalue weighted by Gasteiger charge is 2.26. The van der Waals surface area contributed by atoms with Gasteiger partial charge in [-0.3, -0.25) is 9.59 Å². The molecule has 5 nitrogen and oxygen atoms in total. The minimum atomic E-state index is -0.531. The summed E-state index contributed by atoms with van der Waals surface area (Å²) in [6.07, 6.45) is 3.27. The first-order valence-electron chi connectivity index (χ1n) is 8.94. The monoisotopic (exact) mass is 366 g/mol. The number of carbonyl (C=O) groups excluding carboxylic acids is 2. The summed E-state index contributed by atoms with van der Waals surface area (Å²) < 4.78 is 5.53. The van der Waals surface area contributed by atoms with Gasteiger partial charge in [0.25, 0.3) is 0 Å². The number of ether oxygens (including phenoxy) is 1. The second-order valence-corrected chi connectivity index (χ2v) is 6.89. The van der Waals surface area contributed by atoms with Gasteiger partial charge in [-0.15, -0.1) is 0 Å². The molecule has 0 spiro atoms. The van der Waals surface area contributed by atoms with Gasteiger partial charge in [-0.05, 0) is 43.9 Å². The van der Waals surface area contributed by atoms with Gasteiger partial charge in [0.2, 0.25) is 11.8 Å². The molecule has 0 bridgehead atoms. The maximum atomic E-state index is 12.5. The quantitative estimate of drug-likeness (QED) is 0.768. The van der Waals surface area contributed by atoms with Gasteiger partial charge in [-0.1, -0.05) is 30.7 Å². The first-order chi connectivity index (χ1) is 12.0. The van der Waals surface area contributed by atoms with E-state index in [2.05, 4.69) is 5.32 Å². The van der Waals surface area contributed by atoms with Crippen molar-refractivity contribution in [2.24, 2.45) is 0 Å². The van der Waals surface area contributed by atoms with Crippen molar-refractivity contribution in [1.29, 1.82) is 0 Å². The van der Waals surface area contributed by atoms with E-state index in [1.54, 1.807) is 24.0 Å². The van der Waals surface area contributed by atoms with Crippen molar-refractivity contribution >= 4 is 23.4 Å². The van der Waals surface area contributed by atoms with Crippen LogP contribution in [0, 0.1) is 0 Å². The molecule has 2 amide bonds. The predicted molar refractivity (Wildman–Crippen MR) is 98.4 cm³/mol. The smallest absolute Gasteiger partial charge is 0.242 e. The van der Waals surface area contributed by atoms with Crippen molar-refractivity contribution in [2.75, 3.05) is 13.2 Å². The van der Waals surface area contributed by atoms with E-state index in [4.69, 9.17) is 16.3 Å². The average molecular weight is 367 g/mol. The van der Waals surface area contributed by atoms with Crippen LogP contribution in [-0.4, -0.2) is 42.0 Å². The third-order valence-electron chi connectivity index (χ3n) is 4.43. The molecule has 6 heteroatoms. The largest absolute Gasteiger partial charge is 0.376 e. The highest BCUT2D eigenvalue weighted by molar-refractivity contribution is 6.30. The second-order valence-electron chi connectivity index (χ2n) is 6.45. The molecule has 2 rings (SSSR count). The Morgan fingerprint density at radius 1 is 1.36 bits per heavy atom. The van der Waals surface area contributed by atoms with Crippen LogP contribution in [0.15, 0.2) is 24.3 Å². The summed E-state index contributed by atoms with van der Waals surface area (Å²) in [6, 6.07) is 6.82. The van der Waals surface area contributed by atoms with E-state index in [-0.39, 0.29) is 17.9 Å². The highest BCUT2D eigenvalue weighted by Crippen LogP contribution is 2.15. The van der Waals surface area contributed by atoms with Gasteiger partial charge in [0.1, 0.15) is 6.04 Å². The number of hydrogen-bond donors (Lipinski definition) is 1. The summed E-state index contributed by atoms with van der Waals surface area (Å²) >= 11 is 5.92. The van der Waals surface area contributed by atoms with Crippen LogP contribution in [0.25, 0.3) is 0 Å². The molecule has 0 saturated carbocycles. The van der Waals surface area contributed by atoms with E-state index in [1.807, 2.05) is 19.1 Å². The molecule has 1 saturated heterocycles. The number of halogens is 1. The molecule has 138 valence electrons. The molecule has 1 aliphatic heterocycles. The molecule has 1 fully saturated rings. The number of hydrogen-bond acceptors (Lipinski definition) is 3. The van der Waals surface area contributed by atoms with E-state index in [0.717, 1.165) is 31.4 Å². The van der Waals surface area contributed by atoms with Gasteiger partial charge in [0.05, 0.1) is 6.10 Å². The molecule has 0 radical (unpaired) electrons. The SMILES string of the molecule is CCCC(=O)N(Cc1ccc(Cl)cc1)[C@H](C)C(=O)NC[C@@H]1CCCO1. The van der Waals surface area contributed by atoms with Crippen LogP contribution < -0.4 is 5.32 Å². The first-order valence-corrected chi connectivity index (χ1v) is 9.32. The van der Waals surface area contributed by atoms with Gasteiger partial charge in [0, 0.05) is 31.1 Å². The van der Waals surface area contributed by atoms with Crippen LogP contribution >= 0.6 is 11.6 Å². The maximum absolute atomic E-state index is 12.5. The number of amides is 2. The second kappa shape index (κ2) is 9.78. The summed E-state index contributed by atoms with van der Waals surface area (Å²) in [5.41, 5.74) is 0.952. The van der Waals surface area contributed by atoms with E-state index >= 15 is 0 Å². The molecule has 1 N–H and O–H groups in total. The molecule has 1 aliphatic rings. The van der Waals surface area contributed by atoms with Crippen molar-refractivity contribution in [3.63, 3.8) is 0 Å². The zero-order valence-electron chi connectivity index (χ0n) is 15.0. The molecule has 25 heavy (non-hydrogen) atoms. The maximum Gasteiger partial charge on any atom is 0.242 e. The van der Waals surface area contributed by atoms with Crippen molar-refractivity contribution < 1.29 is 14.3 Å². The van der Waals surface area contributed by atoms with Crippen LogP contribution in [0.5, 0.6) is 0 Å². The fourth-order valence-corrected chi connectivity index (χ4v) is 3.02. The van der Waals surface area contributed by atoms with E-state index in [0.29, 0.717) is 24.5 Å². The number of rotatable bonds is 8. The molecular formula is C19H27ClN2O3. The lowest BCUT2D eigenvalue weighted by atomic mass is 10.1. The molecule has 2 atom stereocenters. The number of nitrogens with zero attached hydrogens (tertiary/aromatic N) is 1. The van der Waals surface area contributed by atoms with Gasteiger partial charge in [-0.25, -0.2) is 0 Å². The molecule has 1 heterocycles. The minimum absolute atomic E-state index is 0.0165. The van der Waals surface area contributed by atoms with E-state index in [1.165, 1.54) is 0 Å². The summed E-state index contributed by atoms with van der Waals surface area (Å²) in [5.74, 6) is -0.161. The van der Waals surface area contributed by atoms with Crippen LogP contribution in [-0.2, 0) is 20.9 Å². The summed E-state index contributed by atoms with van der Waals surface area (Å²) in [6.45, 7) is 5.38. The van der Waals surface area contributed by atoms with Crippen molar-refractivity contribution in [1.82, 2.24) is 10.2 Å². The number of nitrogens with one attached hydrogen (secondary N) is 1. The Kier molecular flexibility index (Phi) is 7.72. The molecular weight excluding hydrogens is 340 g/mol. The third-order valence-corrected chi connectivity index (χ3v) is 4.68. The van der Waals surface area contributed by atoms with E-state index < -0.39 is 6.04 Å². The fourth-order valence-electron chi connectivity index (χ4n) is 2.89. The fraction of sp³-hybridized carbons (Fsp3) is 0.579. The Labute approximate surface area is 154 Å². The molecule has 0 aliphatic carbocycles. The Bertz CT molecular complexity index is 571. The first kappa shape index (κ1) is 19.7. The lowest BCUT2D eigenvalue weighted by Crippen LogP contribution is -2.48. The third kappa shape index (κ3) is 6.01. The Balaban J connectivity index is 2.00. The zero-order chi connectivity index (χ0) is 18.2. The topological polar surface area (TPSA) is 58.6 Å². The van der Waals surface area contributed by atoms with Gasteiger partial charge in [-0.2, -0.15) is 0 Å². The van der Waals surface area contributed by atoms with Crippen molar-refractivity contribution in [3.05, 3.63) is 34.9 Å². The van der Waals surface area contributed by atoms with Gasteiger partial charge >= 0.3 is 0 Å². The average Bonchev–Trinajstić information content (AvgIpc) is 3.12. The standard InChI is InChI=1S/C19H27ClN2O3/c1-3-5-18(23)22(13-15-7-9-16(20)10-8-15)14(2)19(24)21-12-17-6-4-11-25-17/h7-10,14,17H,3-6,11-13H2,1-2H3,(H,21,24)/t14-,17+/m1/s1. The van der Waals surface area contributed by atoms with E-state index in [9.17, 15) is 9.59 Å².